The molecule has 1 atom stereocenters. The predicted octanol–water partition coefficient (Wildman–Crippen LogP) is 2.99. The molecule has 100 valence electrons. The van der Waals surface area contributed by atoms with Gasteiger partial charge in [0.1, 0.15) is 11.4 Å². The average molecular weight is 276 g/mol. The number of nitrogens with zero attached hydrogens (tertiary/aromatic N) is 2. The van der Waals surface area contributed by atoms with Crippen molar-refractivity contribution in [3.05, 3.63) is 45.9 Å². The van der Waals surface area contributed by atoms with Crippen LogP contribution in [-0.2, 0) is 0 Å². The highest BCUT2D eigenvalue weighted by Crippen LogP contribution is 2.28. The quantitative estimate of drug-likeness (QED) is 0.937. The normalized spacial score (nSPS) is 12.2. The number of hydrogen-bond donors (Lipinski definition) is 1. The van der Waals surface area contributed by atoms with Gasteiger partial charge < -0.3 is 10.0 Å². The summed E-state index contributed by atoms with van der Waals surface area (Å²) < 4.78 is 0. The summed E-state index contributed by atoms with van der Waals surface area (Å²) in [5.41, 5.74) is 1.18. The number of aryl methyl sites for hydroxylation is 1. The number of carbonyl (C=O) groups is 1. The molecular weight excluding hydrogens is 260 g/mol. The Morgan fingerprint density at radius 1 is 1.42 bits per heavy atom. The molecule has 2 aromatic rings. The van der Waals surface area contributed by atoms with Crippen LogP contribution >= 0.6 is 11.3 Å². The zero-order chi connectivity index (χ0) is 14.0. The van der Waals surface area contributed by atoms with Gasteiger partial charge in [-0.3, -0.25) is 4.79 Å². The number of aromatic nitrogens is 1. The topological polar surface area (TPSA) is 53.4 Å². The molecule has 0 fully saturated rings. The minimum Gasteiger partial charge on any atom is -0.508 e. The summed E-state index contributed by atoms with van der Waals surface area (Å²) in [5, 5.41) is 12.5. The molecule has 0 radical (unpaired) electrons. The summed E-state index contributed by atoms with van der Waals surface area (Å²) in [6.45, 7) is 3.75. The van der Waals surface area contributed by atoms with E-state index >= 15 is 0 Å². The maximum absolute atomic E-state index is 12.3. The number of rotatable bonds is 3. The molecule has 2 rings (SSSR count). The van der Waals surface area contributed by atoms with Gasteiger partial charge in [-0.25, -0.2) is 4.98 Å². The summed E-state index contributed by atoms with van der Waals surface area (Å²) in [6, 6.07) is 6.83. The molecule has 1 aromatic carbocycles. The Hall–Kier alpha value is -1.88. The van der Waals surface area contributed by atoms with Gasteiger partial charge in [-0.2, -0.15) is 0 Å². The van der Waals surface area contributed by atoms with E-state index in [1.54, 1.807) is 29.5 Å². The first-order chi connectivity index (χ1) is 9.00. The summed E-state index contributed by atoms with van der Waals surface area (Å²) in [4.78, 5) is 18.1. The highest BCUT2D eigenvalue weighted by molar-refractivity contribution is 7.09. The van der Waals surface area contributed by atoms with Gasteiger partial charge in [0.05, 0.1) is 11.0 Å². The van der Waals surface area contributed by atoms with Gasteiger partial charge in [0, 0.05) is 18.0 Å². The molecule has 0 aliphatic rings. The zero-order valence-corrected chi connectivity index (χ0v) is 11.9. The molecule has 0 bridgehead atoms. The van der Waals surface area contributed by atoms with Gasteiger partial charge in [0.25, 0.3) is 5.91 Å². The number of para-hydroxylation sites is 1. The SMILES string of the molecule is Cc1nc(C(=O)N(C)C(C)c2ccccc2O)cs1. The van der Waals surface area contributed by atoms with E-state index in [0.717, 1.165) is 10.6 Å². The number of amides is 1. The number of hydrogen-bond acceptors (Lipinski definition) is 4. The average Bonchev–Trinajstić information content (AvgIpc) is 2.83. The third kappa shape index (κ3) is 2.76. The molecule has 0 aliphatic carbocycles. The second kappa shape index (κ2) is 5.40. The zero-order valence-electron chi connectivity index (χ0n) is 11.1. The summed E-state index contributed by atoms with van der Waals surface area (Å²) in [5.74, 6) is 0.0595. The minimum atomic E-state index is -0.212. The van der Waals surface area contributed by atoms with Crippen LogP contribution in [0.4, 0.5) is 0 Å². The monoisotopic (exact) mass is 276 g/mol. The number of carbonyl (C=O) groups excluding carboxylic acids is 1. The van der Waals surface area contributed by atoms with E-state index < -0.39 is 0 Å². The van der Waals surface area contributed by atoms with E-state index in [4.69, 9.17) is 0 Å². The predicted molar refractivity (Wildman–Crippen MR) is 75.5 cm³/mol. The Morgan fingerprint density at radius 3 is 2.68 bits per heavy atom. The molecule has 1 aromatic heterocycles. The standard InChI is InChI=1S/C14H16N2O2S/c1-9(11-6-4-5-7-13(11)17)16(3)14(18)12-8-19-10(2)15-12/h4-9,17H,1-3H3. The van der Waals surface area contributed by atoms with Crippen LogP contribution in [0.1, 0.15) is 34.0 Å². The van der Waals surface area contributed by atoms with Crippen molar-refractivity contribution in [2.24, 2.45) is 0 Å². The van der Waals surface area contributed by atoms with Crippen molar-refractivity contribution in [1.82, 2.24) is 9.88 Å². The largest absolute Gasteiger partial charge is 0.508 e. The van der Waals surface area contributed by atoms with Crippen LogP contribution in [0, 0.1) is 6.92 Å². The van der Waals surface area contributed by atoms with E-state index in [1.165, 1.54) is 11.3 Å². The van der Waals surface area contributed by atoms with Crippen LogP contribution in [-0.4, -0.2) is 27.9 Å². The van der Waals surface area contributed by atoms with Gasteiger partial charge in [-0.1, -0.05) is 18.2 Å². The van der Waals surface area contributed by atoms with E-state index in [9.17, 15) is 9.90 Å². The van der Waals surface area contributed by atoms with Gasteiger partial charge in [0.15, 0.2) is 0 Å². The van der Waals surface area contributed by atoms with Crippen LogP contribution in [0.3, 0.4) is 0 Å². The van der Waals surface area contributed by atoms with E-state index in [1.807, 2.05) is 26.0 Å². The molecule has 19 heavy (non-hydrogen) atoms. The lowest BCUT2D eigenvalue weighted by Crippen LogP contribution is -2.29. The van der Waals surface area contributed by atoms with E-state index in [-0.39, 0.29) is 17.7 Å². The Balaban J connectivity index is 2.22. The van der Waals surface area contributed by atoms with Crippen LogP contribution < -0.4 is 0 Å². The van der Waals surface area contributed by atoms with Crippen molar-refractivity contribution < 1.29 is 9.90 Å². The molecule has 4 nitrogen and oxygen atoms in total. The molecule has 0 aliphatic heterocycles. The number of phenols is 1. The molecule has 1 amide bonds. The molecule has 0 saturated carbocycles. The van der Waals surface area contributed by atoms with E-state index in [2.05, 4.69) is 4.98 Å². The second-order valence-corrected chi connectivity index (χ2v) is 5.46. The fourth-order valence-corrected chi connectivity index (χ4v) is 2.45. The third-order valence-corrected chi connectivity index (χ3v) is 3.90. The number of benzene rings is 1. The Bertz CT molecular complexity index is 595. The van der Waals surface area contributed by atoms with Crippen molar-refractivity contribution in [2.75, 3.05) is 7.05 Å². The molecule has 5 heteroatoms. The second-order valence-electron chi connectivity index (χ2n) is 4.40. The fraction of sp³-hybridized carbons (Fsp3) is 0.286. The first-order valence-corrected chi connectivity index (χ1v) is 6.86. The number of thiazole rings is 1. The lowest BCUT2D eigenvalue weighted by atomic mass is 10.1. The first-order valence-electron chi connectivity index (χ1n) is 5.98. The Morgan fingerprint density at radius 2 is 2.11 bits per heavy atom. The van der Waals surface area contributed by atoms with Gasteiger partial charge in [0.2, 0.25) is 0 Å². The lowest BCUT2D eigenvalue weighted by molar-refractivity contribution is 0.0736. The van der Waals surface area contributed by atoms with Gasteiger partial charge in [-0.15, -0.1) is 11.3 Å². The van der Waals surface area contributed by atoms with Crippen LogP contribution in [0.15, 0.2) is 29.6 Å². The highest BCUT2D eigenvalue weighted by atomic mass is 32.1. The van der Waals surface area contributed by atoms with Crippen molar-refractivity contribution in [2.45, 2.75) is 19.9 Å². The van der Waals surface area contributed by atoms with Crippen molar-refractivity contribution in [1.29, 1.82) is 0 Å². The first kappa shape index (κ1) is 13.5. The third-order valence-electron chi connectivity index (χ3n) is 3.13. The molecule has 0 saturated heterocycles. The number of phenolic OH excluding ortho intramolecular Hbond substituents is 1. The number of aromatic hydroxyl groups is 1. The summed E-state index contributed by atoms with van der Waals surface area (Å²) in [6.07, 6.45) is 0. The van der Waals surface area contributed by atoms with Crippen molar-refractivity contribution in [3.63, 3.8) is 0 Å². The molecule has 1 heterocycles. The summed E-state index contributed by atoms with van der Waals surface area (Å²) >= 11 is 1.45. The van der Waals surface area contributed by atoms with Crippen LogP contribution in [0.2, 0.25) is 0 Å². The molecular formula is C14H16N2O2S. The van der Waals surface area contributed by atoms with Gasteiger partial charge >= 0.3 is 0 Å². The van der Waals surface area contributed by atoms with Crippen LogP contribution in [0.25, 0.3) is 0 Å². The van der Waals surface area contributed by atoms with E-state index in [0.29, 0.717) is 5.69 Å². The van der Waals surface area contributed by atoms with Crippen molar-refractivity contribution >= 4 is 17.2 Å². The van der Waals surface area contributed by atoms with Crippen LogP contribution in [0.5, 0.6) is 5.75 Å². The molecule has 0 spiro atoms. The Labute approximate surface area is 116 Å². The maximum atomic E-state index is 12.3. The minimum absolute atomic E-state index is 0.139. The van der Waals surface area contributed by atoms with Crippen molar-refractivity contribution in [3.8, 4) is 5.75 Å². The lowest BCUT2D eigenvalue weighted by Gasteiger charge is -2.25. The maximum Gasteiger partial charge on any atom is 0.273 e. The fourth-order valence-electron chi connectivity index (χ4n) is 1.87. The summed E-state index contributed by atoms with van der Waals surface area (Å²) in [7, 11) is 1.72. The van der Waals surface area contributed by atoms with Gasteiger partial charge in [-0.05, 0) is 19.9 Å². The molecule has 1 N–H and O–H groups in total. The Kier molecular flexibility index (Phi) is 3.85. The smallest absolute Gasteiger partial charge is 0.273 e. The highest BCUT2D eigenvalue weighted by Gasteiger charge is 2.22. The molecule has 1 unspecified atom stereocenters.